The normalized spacial score (nSPS) is 26.7. The van der Waals surface area contributed by atoms with Gasteiger partial charge in [-0.1, -0.05) is 61.6 Å². The minimum atomic E-state index is -0.203. The van der Waals surface area contributed by atoms with Crippen molar-refractivity contribution in [3.8, 4) is 0 Å². The average Bonchev–Trinajstić information content (AvgIpc) is 2.47. The molecule has 2 aliphatic carbocycles. The summed E-state index contributed by atoms with van der Waals surface area (Å²) in [5, 5.41) is 10.5. The van der Waals surface area contributed by atoms with E-state index in [0.29, 0.717) is 0 Å². The summed E-state index contributed by atoms with van der Waals surface area (Å²) >= 11 is 0. The molecule has 2 aromatic rings. The van der Waals surface area contributed by atoms with Gasteiger partial charge in [0.25, 0.3) is 0 Å². The van der Waals surface area contributed by atoms with E-state index in [1.165, 1.54) is 27.5 Å². The smallest absolute Gasteiger partial charge is 0.0307 e. The molecule has 0 spiro atoms. The van der Waals surface area contributed by atoms with Gasteiger partial charge in [-0.25, -0.2) is 0 Å². The summed E-state index contributed by atoms with van der Waals surface area (Å²) in [5.74, 6) is 0.281. The average molecular weight is 245 g/mol. The minimum absolute atomic E-state index is 0.203. The van der Waals surface area contributed by atoms with Crippen molar-refractivity contribution in [1.29, 1.82) is 5.41 Å². The first-order chi connectivity index (χ1) is 9.23. The second-order valence-corrected chi connectivity index (χ2v) is 5.69. The van der Waals surface area contributed by atoms with E-state index in [0.717, 1.165) is 0 Å². The first-order valence-corrected chi connectivity index (χ1v) is 6.68. The lowest BCUT2D eigenvalue weighted by molar-refractivity contribution is 0.536. The summed E-state index contributed by atoms with van der Waals surface area (Å²) in [4.78, 5) is 0. The predicted molar refractivity (Wildman–Crippen MR) is 81.6 cm³/mol. The molecular weight excluding hydrogens is 230 g/mol. The van der Waals surface area contributed by atoms with Gasteiger partial charge in [0.15, 0.2) is 0 Å². The molecule has 19 heavy (non-hydrogen) atoms. The Bertz CT molecular complexity index is 767. The predicted octanol–water partition coefficient (Wildman–Crippen LogP) is 4.63. The molecule has 0 fully saturated rings. The molecule has 0 bridgehead atoms. The van der Waals surface area contributed by atoms with Gasteiger partial charge in [0.05, 0.1) is 0 Å². The molecule has 4 rings (SSSR count). The summed E-state index contributed by atoms with van der Waals surface area (Å²) in [6.45, 7) is 2.14. The largest absolute Gasteiger partial charge is 0.312 e. The molecule has 1 heteroatoms. The van der Waals surface area contributed by atoms with Gasteiger partial charge in [-0.05, 0) is 27.5 Å². The lowest BCUT2D eigenvalue weighted by Crippen LogP contribution is -2.27. The first-order valence-electron chi connectivity index (χ1n) is 6.68. The van der Waals surface area contributed by atoms with E-state index in [2.05, 4.69) is 61.6 Å². The molecule has 2 aromatic carbocycles. The fourth-order valence-corrected chi connectivity index (χ4v) is 3.40. The van der Waals surface area contributed by atoms with Crippen LogP contribution < -0.4 is 0 Å². The van der Waals surface area contributed by atoms with Crippen LogP contribution in [0.1, 0.15) is 29.5 Å². The van der Waals surface area contributed by atoms with Crippen LogP contribution in [0.15, 0.2) is 42.5 Å². The van der Waals surface area contributed by atoms with E-state index < -0.39 is 0 Å². The highest BCUT2D eigenvalue weighted by atomic mass is 14.5. The van der Waals surface area contributed by atoms with Crippen molar-refractivity contribution in [2.75, 3.05) is 0 Å². The number of hydrogen-bond donors (Lipinski definition) is 1. The number of benzene rings is 2. The van der Waals surface area contributed by atoms with E-state index in [1.54, 1.807) is 6.21 Å². The highest BCUT2D eigenvalue weighted by Gasteiger charge is 2.36. The van der Waals surface area contributed by atoms with Crippen LogP contribution in [-0.2, 0) is 0 Å². The Morgan fingerprint density at radius 3 is 2.84 bits per heavy atom. The summed E-state index contributed by atoms with van der Waals surface area (Å²) in [7, 11) is 0. The zero-order valence-electron chi connectivity index (χ0n) is 10.9. The molecule has 0 aromatic heterocycles. The van der Waals surface area contributed by atoms with Crippen LogP contribution in [0.3, 0.4) is 0 Å². The molecule has 1 nitrogen and oxygen atoms in total. The molecule has 0 saturated carbocycles. The van der Waals surface area contributed by atoms with Crippen molar-refractivity contribution in [3.05, 3.63) is 59.2 Å². The molecule has 0 amide bonds. The third-order valence-corrected chi connectivity index (χ3v) is 4.53. The highest BCUT2D eigenvalue weighted by Crippen LogP contribution is 2.48. The Hall–Kier alpha value is -2.15. The van der Waals surface area contributed by atoms with Gasteiger partial charge in [0.2, 0.25) is 0 Å². The molecule has 2 aliphatic rings. The van der Waals surface area contributed by atoms with Crippen molar-refractivity contribution in [3.63, 3.8) is 0 Å². The molecule has 92 valence electrons. The Balaban J connectivity index is 2.17. The maximum Gasteiger partial charge on any atom is 0.0307 e. The molecule has 0 radical (unpaired) electrons. The zero-order chi connectivity index (χ0) is 13.0. The highest BCUT2D eigenvalue weighted by molar-refractivity contribution is 5.99. The summed E-state index contributed by atoms with van der Waals surface area (Å²) in [6.07, 6.45) is 10.4. The van der Waals surface area contributed by atoms with Gasteiger partial charge in [0, 0.05) is 17.5 Å². The Labute approximate surface area is 112 Å². The maximum absolute atomic E-state index is 7.79. The van der Waals surface area contributed by atoms with Gasteiger partial charge in [-0.2, -0.15) is 0 Å². The Morgan fingerprint density at radius 1 is 1.11 bits per heavy atom. The summed E-state index contributed by atoms with van der Waals surface area (Å²) < 4.78 is 0. The Morgan fingerprint density at radius 2 is 2.00 bits per heavy atom. The van der Waals surface area contributed by atoms with Crippen LogP contribution in [0, 0.1) is 10.8 Å². The molecule has 2 unspecified atom stereocenters. The van der Waals surface area contributed by atoms with E-state index >= 15 is 0 Å². The molecule has 0 heterocycles. The van der Waals surface area contributed by atoms with E-state index in [4.69, 9.17) is 5.41 Å². The van der Waals surface area contributed by atoms with Crippen LogP contribution in [0.2, 0.25) is 0 Å². The van der Waals surface area contributed by atoms with Crippen LogP contribution in [0.4, 0.5) is 0 Å². The van der Waals surface area contributed by atoms with Gasteiger partial charge in [0.1, 0.15) is 0 Å². The fourth-order valence-electron chi connectivity index (χ4n) is 3.40. The number of rotatable bonds is 1. The molecule has 0 aliphatic heterocycles. The van der Waals surface area contributed by atoms with Crippen LogP contribution in [0.5, 0.6) is 0 Å². The van der Waals surface area contributed by atoms with Crippen LogP contribution in [0.25, 0.3) is 22.9 Å². The second kappa shape index (κ2) is 3.45. The van der Waals surface area contributed by atoms with Gasteiger partial charge in [-0.15, -0.1) is 0 Å². The van der Waals surface area contributed by atoms with Crippen molar-refractivity contribution in [2.24, 2.45) is 5.41 Å². The zero-order valence-corrected chi connectivity index (χ0v) is 10.9. The SMILES string of the molecule is CC1(C=N)C=Cc2ccc3cccc4c3c2C1C=C4. The standard InChI is InChI=1S/C18H15N/c1-18(11-19)10-9-14-6-5-12-3-2-4-13-7-8-15(18)17(14)16(12)13/h2-11,15,19H,1H3. The lowest BCUT2D eigenvalue weighted by Gasteiger charge is -2.37. The topological polar surface area (TPSA) is 23.9 Å². The van der Waals surface area contributed by atoms with E-state index in [-0.39, 0.29) is 11.3 Å². The molecule has 0 saturated heterocycles. The quantitative estimate of drug-likeness (QED) is 0.708. The van der Waals surface area contributed by atoms with Crippen molar-refractivity contribution in [2.45, 2.75) is 12.8 Å². The maximum atomic E-state index is 7.79. The number of nitrogens with one attached hydrogen (secondary N) is 1. The van der Waals surface area contributed by atoms with E-state index in [9.17, 15) is 0 Å². The molecular formula is C18H15N. The Kier molecular flexibility index (Phi) is 1.95. The van der Waals surface area contributed by atoms with Crippen molar-refractivity contribution < 1.29 is 0 Å². The third-order valence-electron chi connectivity index (χ3n) is 4.53. The van der Waals surface area contributed by atoms with Gasteiger partial charge >= 0.3 is 0 Å². The number of hydrogen-bond acceptors (Lipinski definition) is 1. The van der Waals surface area contributed by atoms with Gasteiger partial charge < -0.3 is 5.41 Å². The van der Waals surface area contributed by atoms with Gasteiger partial charge in [-0.3, -0.25) is 0 Å². The first kappa shape index (κ1) is 10.7. The summed E-state index contributed by atoms with van der Waals surface area (Å²) in [5.41, 5.74) is 3.79. The van der Waals surface area contributed by atoms with E-state index in [1.807, 2.05) is 0 Å². The van der Waals surface area contributed by atoms with Crippen LogP contribution in [-0.4, -0.2) is 6.21 Å². The van der Waals surface area contributed by atoms with Crippen LogP contribution >= 0.6 is 0 Å². The van der Waals surface area contributed by atoms with Crippen molar-refractivity contribution >= 4 is 29.1 Å². The number of allylic oxidation sites excluding steroid dienone is 2. The summed E-state index contributed by atoms with van der Waals surface area (Å²) in [6, 6.07) is 10.9. The molecule has 2 atom stereocenters. The minimum Gasteiger partial charge on any atom is -0.312 e. The molecule has 1 N–H and O–H groups in total. The third kappa shape index (κ3) is 1.27. The van der Waals surface area contributed by atoms with Crippen molar-refractivity contribution in [1.82, 2.24) is 0 Å². The lowest BCUT2D eigenvalue weighted by atomic mass is 9.66. The second-order valence-electron chi connectivity index (χ2n) is 5.69. The fraction of sp³-hybridized carbons (Fsp3) is 0.167. The monoisotopic (exact) mass is 245 g/mol.